The lowest BCUT2D eigenvalue weighted by molar-refractivity contribution is -0.106. The first-order chi connectivity index (χ1) is 11.4. The van der Waals surface area contributed by atoms with Crippen LogP contribution in [0.5, 0.6) is 0 Å². The zero-order valence-electron chi connectivity index (χ0n) is 15.4. The predicted molar refractivity (Wildman–Crippen MR) is 94.0 cm³/mol. The Morgan fingerprint density at radius 3 is 2.92 bits per heavy atom. The van der Waals surface area contributed by atoms with E-state index in [1.54, 1.807) is 0 Å². The number of nitrogens with zero attached hydrogens (tertiary/aromatic N) is 2. The van der Waals surface area contributed by atoms with Gasteiger partial charge in [-0.15, -0.1) is 0 Å². The minimum absolute atomic E-state index is 0.133. The Balaban J connectivity index is 1.65. The summed E-state index contributed by atoms with van der Waals surface area (Å²) in [7, 11) is 0. The first-order valence-corrected chi connectivity index (χ1v) is 9.05. The highest BCUT2D eigenvalue weighted by Crippen LogP contribution is 2.52. The van der Waals surface area contributed by atoms with E-state index in [0.717, 1.165) is 37.0 Å². The minimum atomic E-state index is 0.133. The number of aromatic nitrogens is 1. The van der Waals surface area contributed by atoms with E-state index in [0.29, 0.717) is 30.5 Å². The van der Waals surface area contributed by atoms with E-state index in [1.165, 1.54) is 0 Å². The van der Waals surface area contributed by atoms with Crippen LogP contribution >= 0.6 is 0 Å². The molecule has 0 amide bonds. The molecule has 0 aromatic carbocycles. The Hall–Kier alpha value is -1.56. The average molecular weight is 334 g/mol. The Morgan fingerprint density at radius 1 is 1.46 bits per heavy atom. The van der Waals surface area contributed by atoms with Crippen molar-refractivity contribution in [2.45, 2.75) is 65.6 Å². The summed E-state index contributed by atoms with van der Waals surface area (Å²) in [6.45, 7) is 13.0. The van der Waals surface area contributed by atoms with Crippen LogP contribution in [0, 0.1) is 11.3 Å². The molecule has 1 aromatic rings. The van der Waals surface area contributed by atoms with Crippen molar-refractivity contribution in [3.8, 4) is 0 Å². The molecule has 1 saturated carbocycles. The molecule has 6 nitrogen and oxygen atoms in total. The summed E-state index contributed by atoms with van der Waals surface area (Å²) in [6, 6.07) is 2.38. The number of aliphatic imine (C=N–C) groups is 1. The van der Waals surface area contributed by atoms with Crippen molar-refractivity contribution in [1.82, 2.24) is 15.8 Å². The lowest BCUT2D eigenvalue weighted by Crippen LogP contribution is -2.67. The van der Waals surface area contributed by atoms with E-state index < -0.39 is 0 Å². The third-order valence-corrected chi connectivity index (χ3v) is 5.30. The smallest absolute Gasteiger partial charge is 0.191 e. The summed E-state index contributed by atoms with van der Waals surface area (Å²) in [6.07, 6.45) is 1.51. The number of hydrogen-bond acceptors (Lipinski definition) is 4. The maximum atomic E-state index is 5.87. The van der Waals surface area contributed by atoms with Crippen LogP contribution in [-0.4, -0.2) is 36.4 Å². The first-order valence-electron chi connectivity index (χ1n) is 9.05. The molecule has 134 valence electrons. The van der Waals surface area contributed by atoms with E-state index >= 15 is 0 Å². The molecule has 1 saturated heterocycles. The normalized spacial score (nSPS) is 28.6. The molecule has 2 N–H and O–H groups in total. The molecule has 2 fully saturated rings. The Kier molecular flexibility index (Phi) is 4.85. The van der Waals surface area contributed by atoms with Crippen LogP contribution in [0.4, 0.5) is 0 Å². The van der Waals surface area contributed by atoms with Gasteiger partial charge in [0.25, 0.3) is 0 Å². The van der Waals surface area contributed by atoms with Gasteiger partial charge >= 0.3 is 0 Å². The largest absolute Gasteiger partial charge is 0.377 e. The second-order valence-electron chi connectivity index (χ2n) is 7.76. The fourth-order valence-corrected chi connectivity index (χ4v) is 3.92. The first kappa shape index (κ1) is 17.3. The van der Waals surface area contributed by atoms with Crippen molar-refractivity contribution in [2.24, 2.45) is 16.3 Å². The van der Waals surface area contributed by atoms with Gasteiger partial charge in [0.1, 0.15) is 6.54 Å². The van der Waals surface area contributed by atoms with Crippen LogP contribution in [0.2, 0.25) is 0 Å². The highest BCUT2D eigenvalue weighted by molar-refractivity contribution is 5.80. The van der Waals surface area contributed by atoms with Gasteiger partial charge in [0.2, 0.25) is 0 Å². The SMILES string of the molecule is CCNC(=NCc1cc(C(C)C)no1)NC1C2CCOC2C1(C)C. The number of nitrogens with one attached hydrogen (secondary N) is 2. The van der Waals surface area contributed by atoms with Gasteiger partial charge in [-0.05, 0) is 19.3 Å². The molecule has 1 aromatic heterocycles. The zero-order chi connectivity index (χ0) is 17.3. The van der Waals surface area contributed by atoms with Crippen LogP contribution in [0.1, 0.15) is 58.4 Å². The molecule has 24 heavy (non-hydrogen) atoms. The molecule has 6 heteroatoms. The van der Waals surface area contributed by atoms with Crippen molar-refractivity contribution in [2.75, 3.05) is 13.2 Å². The molecule has 1 aliphatic carbocycles. The zero-order valence-corrected chi connectivity index (χ0v) is 15.4. The second kappa shape index (κ2) is 6.75. The van der Waals surface area contributed by atoms with Gasteiger partial charge in [-0.2, -0.15) is 0 Å². The van der Waals surface area contributed by atoms with Gasteiger partial charge in [0, 0.05) is 36.6 Å². The minimum Gasteiger partial charge on any atom is -0.377 e. The molecule has 0 spiro atoms. The maximum absolute atomic E-state index is 5.87. The van der Waals surface area contributed by atoms with Gasteiger partial charge in [-0.3, -0.25) is 0 Å². The summed E-state index contributed by atoms with van der Waals surface area (Å²) < 4.78 is 11.2. The van der Waals surface area contributed by atoms with Crippen molar-refractivity contribution in [3.63, 3.8) is 0 Å². The molecule has 2 heterocycles. The summed E-state index contributed by atoms with van der Waals surface area (Å²) in [4.78, 5) is 4.68. The van der Waals surface area contributed by atoms with Gasteiger partial charge in [-0.25, -0.2) is 4.99 Å². The maximum Gasteiger partial charge on any atom is 0.191 e. The molecule has 3 unspecified atom stereocenters. The van der Waals surface area contributed by atoms with E-state index in [1.807, 2.05) is 6.07 Å². The monoisotopic (exact) mass is 334 g/mol. The lowest BCUT2D eigenvalue weighted by Gasteiger charge is -2.54. The number of ether oxygens (including phenoxy) is 1. The van der Waals surface area contributed by atoms with Crippen LogP contribution < -0.4 is 10.6 Å². The number of fused-ring (bicyclic) bond motifs is 1. The third kappa shape index (κ3) is 3.16. The van der Waals surface area contributed by atoms with E-state index in [-0.39, 0.29) is 5.41 Å². The summed E-state index contributed by atoms with van der Waals surface area (Å²) in [5.74, 6) is 2.59. The van der Waals surface area contributed by atoms with Gasteiger partial charge in [0.05, 0.1) is 11.8 Å². The van der Waals surface area contributed by atoms with Crippen molar-refractivity contribution in [3.05, 3.63) is 17.5 Å². The highest BCUT2D eigenvalue weighted by atomic mass is 16.5. The topological polar surface area (TPSA) is 71.7 Å². The predicted octanol–water partition coefficient (Wildman–Crippen LogP) is 2.67. The van der Waals surface area contributed by atoms with E-state index in [4.69, 9.17) is 9.26 Å². The average Bonchev–Trinajstić information content (AvgIpc) is 3.17. The van der Waals surface area contributed by atoms with Crippen molar-refractivity contribution < 1.29 is 9.26 Å². The fourth-order valence-electron chi connectivity index (χ4n) is 3.92. The van der Waals surface area contributed by atoms with Crippen LogP contribution in [-0.2, 0) is 11.3 Å². The standard InChI is InChI=1S/C18H30N4O2/c1-6-19-17(20-10-12-9-14(11(2)3)22-24-12)21-15-13-7-8-23-16(13)18(15,4)5/h9,11,13,15-16H,6-8,10H2,1-5H3,(H2,19,20,21). The highest BCUT2D eigenvalue weighted by Gasteiger charge is 2.59. The summed E-state index contributed by atoms with van der Waals surface area (Å²) >= 11 is 0. The molecular formula is C18H30N4O2. The second-order valence-corrected chi connectivity index (χ2v) is 7.76. The van der Waals surface area contributed by atoms with Gasteiger partial charge < -0.3 is 19.9 Å². The quantitative estimate of drug-likeness (QED) is 0.640. The summed E-state index contributed by atoms with van der Waals surface area (Å²) in [5, 5.41) is 11.0. The van der Waals surface area contributed by atoms with Crippen LogP contribution in [0.3, 0.4) is 0 Å². The van der Waals surface area contributed by atoms with Crippen molar-refractivity contribution >= 4 is 5.96 Å². The van der Waals surface area contributed by atoms with Crippen molar-refractivity contribution in [1.29, 1.82) is 0 Å². The number of hydrogen-bond donors (Lipinski definition) is 2. The van der Waals surface area contributed by atoms with Crippen LogP contribution in [0.25, 0.3) is 0 Å². The summed E-state index contributed by atoms with van der Waals surface area (Å²) in [5.41, 5.74) is 1.11. The van der Waals surface area contributed by atoms with Gasteiger partial charge in [-0.1, -0.05) is 32.9 Å². The Morgan fingerprint density at radius 2 is 2.25 bits per heavy atom. The third-order valence-electron chi connectivity index (χ3n) is 5.30. The molecule has 3 rings (SSSR count). The molecule has 3 atom stereocenters. The molecule has 2 aliphatic rings. The lowest BCUT2D eigenvalue weighted by atomic mass is 9.57. The molecule has 1 aliphatic heterocycles. The Labute approximate surface area is 144 Å². The van der Waals surface area contributed by atoms with Gasteiger partial charge in [0.15, 0.2) is 11.7 Å². The van der Waals surface area contributed by atoms with E-state index in [9.17, 15) is 0 Å². The molecule has 0 bridgehead atoms. The molecule has 0 radical (unpaired) electrons. The Bertz CT molecular complexity index is 594. The van der Waals surface area contributed by atoms with E-state index in [2.05, 4.69) is 55.4 Å². The number of rotatable bonds is 5. The fraction of sp³-hybridized carbons (Fsp3) is 0.778. The molecular weight excluding hydrogens is 304 g/mol. The van der Waals surface area contributed by atoms with Crippen LogP contribution in [0.15, 0.2) is 15.6 Å². The number of guanidine groups is 1.